The zero-order valence-electron chi connectivity index (χ0n) is 5.27. The number of rotatable bonds is 1. The first-order valence-corrected chi connectivity index (χ1v) is 4.59. The lowest BCUT2D eigenvalue weighted by molar-refractivity contribution is 0.112. The molecule has 0 saturated carbocycles. The van der Waals surface area contributed by atoms with Crippen LogP contribution in [0.3, 0.4) is 0 Å². The van der Waals surface area contributed by atoms with Gasteiger partial charge in [0.15, 0.2) is 6.29 Å². The Balaban J connectivity index is 3.36. The van der Waals surface area contributed by atoms with E-state index in [1.165, 1.54) is 0 Å². The molecule has 58 valence electrons. The topological polar surface area (TPSA) is 17.1 Å². The largest absolute Gasteiger partial charge is 0.298 e. The Labute approximate surface area is 87.8 Å². The molecule has 0 spiro atoms. The van der Waals surface area contributed by atoms with Gasteiger partial charge in [-0.15, -0.1) is 0 Å². The highest BCUT2D eigenvalue weighted by atomic mass is 127. The summed E-state index contributed by atoms with van der Waals surface area (Å²) in [4.78, 5) is 10.3. The van der Waals surface area contributed by atoms with Gasteiger partial charge >= 0.3 is 0 Å². The summed E-state index contributed by atoms with van der Waals surface area (Å²) >= 11 is 13.5. The molecule has 0 unspecified atom stereocenters. The number of aldehydes is 1. The summed E-state index contributed by atoms with van der Waals surface area (Å²) in [7, 11) is 0. The minimum atomic E-state index is 0.327. The minimum Gasteiger partial charge on any atom is -0.298 e. The Kier molecular flexibility index (Phi) is 3.16. The van der Waals surface area contributed by atoms with E-state index in [0.29, 0.717) is 21.9 Å². The van der Waals surface area contributed by atoms with Crippen molar-refractivity contribution in [3.8, 4) is 0 Å². The third kappa shape index (κ3) is 1.86. The van der Waals surface area contributed by atoms with Crippen molar-refractivity contribution in [3.05, 3.63) is 31.3 Å². The van der Waals surface area contributed by atoms with Crippen molar-refractivity contribution in [3.63, 3.8) is 0 Å². The molecule has 1 aromatic carbocycles. The zero-order valence-corrected chi connectivity index (χ0v) is 8.94. The second-order valence-corrected chi connectivity index (χ2v) is 3.80. The maximum Gasteiger partial charge on any atom is 0.151 e. The molecule has 1 rings (SSSR count). The Morgan fingerprint density at radius 1 is 1.27 bits per heavy atom. The molecule has 0 atom stereocenters. The Bertz CT molecular complexity index is 299. The van der Waals surface area contributed by atoms with Crippen molar-refractivity contribution in [1.29, 1.82) is 0 Å². The molecule has 0 amide bonds. The lowest BCUT2D eigenvalue weighted by Gasteiger charge is -1.99. The number of hydrogen-bond acceptors (Lipinski definition) is 1. The van der Waals surface area contributed by atoms with Crippen LogP contribution in [0.5, 0.6) is 0 Å². The number of benzene rings is 1. The van der Waals surface area contributed by atoms with E-state index < -0.39 is 0 Å². The van der Waals surface area contributed by atoms with Gasteiger partial charge in [-0.25, -0.2) is 0 Å². The van der Waals surface area contributed by atoms with Gasteiger partial charge in [0.2, 0.25) is 0 Å². The van der Waals surface area contributed by atoms with Crippen molar-refractivity contribution in [2.45, 2.75) is 0 Å². The molecule has 0 aliphatic heterocycles. The quantitative estimate of drug-likeness (QED) is 0.441. The van der Waals surface area contributed by atoms with E-state index in [1.54, 1.807) is 12.1 Å². The fourth-order valence-electron chi connectivity index (χ4n) is 0.632. The molecule has 0 N–H and O–H groups in total. The van der Waals surface area contributed by atoms with E-state index in [2.05, 4.69) is 22.6 Å². The molecule has 0 saturated heterocycles. The third-order valence-corrected chi connectivity index (χ3v) is 3.31. The molecule has 0 bridgehead atoms. The number of halogens is 3. The Morgan fingerprint density at radius 2 is 1.91 bits per heavy atom. The minimum absolute atomic E-state index is 0.327. The number of carbonyl (C=O) groups excluding carboxylic acids is 1. The summed E-state index contributed by atoms with van der Waals surface area (Å²) in [5, 5.41) is 0.769. The second kappa shape index (κ2) is 3.74. The van der Waals surface area contributed by atoms with Crippen LogP contribution in [0.1, 0.15) is 10.4 Å². The Morgan fingerprint density at radius 3 is 2.45 bits per heavy atom. The van der Waals surface area contributed by atoms with E-state index in [-0.39, 0.29) is 0 Å². The summed E-state index contributed by atoms with van der Waals surface area (Å²) in [5.74, 6) is 0. The van der Waals surface area contributed by atoms with Crippen molar-refractivity contribution in [2.24, 2.45) is 0 Å². The van der Waals surface area contributed by atoms with E-state index in [4.69, 9.17) is 23.2 Å². The SMILES string of the molecule is O=Cc1ccc(I)c(Cl)c1Cl. The average Bonchev–Trinajstić information content (AvgIpc) is 2.01. The summed E-state index contributed by atoms with van der Waals surface area (Å²) in [5.41, 5.74) is 0.428. The number of carbonyl (C=O) groups is 1. The molecule has 0 fully saturated rings. The van der Waals surface area contributed by atoms with Crippen LogP contribution in [-0.2, 0) is 0 Å². The van der Waals surface area contributed by atoms with E-state index in [1.807, 2.05) is 0 Å². The first-order chi connectivity index (χ1) is 5.16. The summed E-state index contributed by atoms with van der Waals surface area (Å²) in [6.45, 7) is 0. The lowest BCUT2D eigenvalue weighted by atomic mass is 10.2. The van der Waals surface area contributed by atoms with Crippen molar-refractivity contribution < 1.29 is 4.79 Å². The van der Waals surface area contributed by atoms with E-state index >= 15 is 0 Å². The normalized spacial score (nSPS) is 9.73. The van der Waals surface area contributed by atoms with Gasteiger partial charge in [-0.3, -0.25) is 4.79 Å². The van der Waals surface area contributed by atoms with Crippen molar-refractivity contribution >= 4 is 52.1 Å². The Hall–Kier alpha value is 0.200. The van der Waals surface area contributed by atoms with Gasteiger partial charge in [0.25, 0.3) is 0 Å². The van der Waals surface area contributed by atoms with Crippen LogP contribution in [0.15, 0.2) is 12.1 Å². The molecule has 4 heteroatoms. The molecule has 0 aliphatic rings. The van der Waals surface area contributed by atoms with Gasteiger partial charge < -0.3 is 0 Å². The van der Waals surface area contributed by atoms with Crippen molar-refractivity contribution in [1.82, 2.24) is 0 Å². The van der Waals surface area contributed by atoms with Crippen LogP contribution in [0, 0.1) is 3.57 Å². The monoisotopic (exact) mass is 300 g/mol. The van der Waals surface area contributed by atoms with Gasteiger partial charge in [0, 0.05) is 9.13 Å². The summed E-state index contributed by atoms with van der Waals surface area (Å²) < 4.78 is 0.847. The first-order valence-electron chi connectivity index (χ1n) is 2.75. The molecule has 11 heavy (non-hydrogen) atoms. The van der Waals surface area contributed by atoms with Crippen LogP contribution in [0.2, 0.25) is 10.0 Å². The maximum absolute atomic E-state index is 10.3. The van der Waals surface area contributed by atoms with Crippen LogP contribution < -0.4 is 0 Å². The molecular weight excluding hydrogens is 298 g/mol. The third-order valence-electron chi connectivity index (χ3n) is 1.19. The van der Waals surface area contributed by atoms with Crippen LogP contribution >= 0.6 is 45.8 Å². The molecular formula is C7H3Cl2IO. The molecule has 0 radical (unpaired) electrons. The zero-order chi connectivity index (χ0) is 8.43. The lowest BCUT2D eigenvalue weighted by Crippen LogP contribution is -1.84. The fourth-order valence-corrected chi connectivity index (χ4v) is 1.62. The van der Waals surface area contributed by atoms with E-state index in [0.717, 1.165) is 3.57 Å². The van der Waals surface area contributed by atoms with Gasteiger partial charge in [-0.2, -0.15) is 0 Å². The highest BCUT2D eigenvalue weighted by Crippen LogP contribution is 2.29. The van der Waals surface area contributed by atoms with Crippen molar-refractivity contribution in [2.75, 3.05) is 0 Å². The van der Waals surface area contributed by atoms with E-state index in [9.17, 15) is 4.79 Å². The fraction of sp³-hybridized carbons (Fsp3) is 0. The van der Waals surface area contributed by atoms with Gasteiger partial charge in [0.05, 0.1) is 10.0 Å². The predicted molar refractivity (Wildman–Crippen MR) is 54.6 cm³/mol. The molecule has 1 aromatic rings. The highest BCUT2D eigenvalue weighted by molar-refractivity contribution is 14.1. The predicted octanol–water partition coefficient (Wildman–Crippen LogP) is 3.41. The number of hydrogen-bond donors (Lipinski definition) is 0. The molecule has 0 heterocycles. The van der Waals surface area contributed by atoms with Crippen LogP contribution in [0.4, 0.5) is 0 Å². The smallest absolute Gasteiger partial charge is 0.151 e. The summed E-state index contributed by atoms with van der Waals surface area (Å²) in [6.07, 6.45) is 0.685. The summed E-state index contributed by atoms with van der Waals surface area (Å²) in [6, 6.07) is 3.39. The van der Waals surface area contributed by atoms with Gasteiger partial charge in [-0.1, -0.05) is 23.2 Å². The molecule has 0 aliphatic carbocycles. The molecule has 1 nitrogen and oxygen atoms in total. The van der Waals surface area contributed by atoms with Crippen LogP contribution in [-0.4, -0.2) is 6.29 Å². The van der Waals surface area contributed by atoms with Crippen LogP contribution in [0.25, 0.3) is 0 Å². The van der Waals surface area contributed by atoms with Gasteiger partial charge in [-0.05, 0) is 34.7 Å². The second-order valence-electron chi connectivity index (χ2n) is 1.88. The molecule has 0 aromatic heterocycles. The average molecular weight is 301 g/mol. The first kappa shape index (κ1) is 9.29. The van der Waals surface area contributed by atoms with Gasteiger partial charge in [0.1, 0.15) is 0 Å². The maximum atomic E-state index is 10.3. The highest BCUT2D eigenvalue weighted by Gasteiger charge is 2.06. The standard InChI is InChI=1S/C7H3Cl2IO/c8-6-4(3-11)1-2-5(10)7(6)9/h1-3H.